The van der Waals surface area contributed by atoms with Gasteiger partial charge in [-0.15, -0.1) is 0 Å². The van der Waals surface area contributed by atoms with E-state index in [-0.39, 0.29) is 19.9 Å². The van der Waals surface area contributed by atoms with Crippen LogP contribution in [-0.4, -0.2) is 43.0 Å². The maximum absolute atomic E-state index is 12.7. The van der Waals surface area contributed by atoms with Gasteiger partial charge in [-0.1, -0.05) is 0 Å². The Morgan fingerprint density at radius 2 is 1.70 bits per heavy atom. The van der Waals surface area contributed by atoms with Crippen molar-refractivity contribution >= 4 is 45.8 Å². The zero-order valence-electron chi connectivity index (χ0n) is 11.9. The summed E-state index contributed by atoms with van der Waals surface area (Å²) in [5, 5.41) is 11.7. The number of tetrazole rings is 1. The van der Waals surface area contributed by atoms with Gasteiger partial charge in [0.15, 0.2) is 0 Å². The predicted octanol–water partition coefficient (Wildman–Crippen LogP) is 0.527. The molecule has 0 radical (unpaired) electrons. The molecule has 3 rings (SSSR count). The second kappa shape index (κ2) is 6.41. The number of hydrogen-bond acceptors (Lipinski definition) is 5. The molecular formula is C14H11ClN4O2SSe. The molecule has 3 aromatic rings. The van der Waals surface area contributed by atoms with Crippen molar-refractivity contribution < 1.29 is 8.42 Å². The predicted molar refractivity (Wildman–Crippen MR) is 88.1 cm³/mol. The molecule has 0 atom stereocenters. The maximum atomic E-state index is 12.7. The van der Waals surface area contributed by atoms with Crippen molar-refractivity contribution in [3.8, 4) is 0 Å². The Balaban J connectivity index is 1.96. The van der Waals surface area contributed by atoms with E-state index in [1.165, 1.54) is 0 Å². The topological polar surface area (TPSA) is 77.7 Å². The van der Waals surface area contributed by atoms with E-state index in [4.69, 9.17) is 11.6 Å². The van der Waals surface area contributed by atoms with Crippen LogP contribution < -0.4 is 9.18 Å². The number of halogens is 1. The van der Waals surface area contributed by atoms with Crippen LogP contribution in [0.5, 0.6) is 0 Å². The molecule has 0 aliphatic heterocycles. The third-order valence-electron chi connectivity index (χ3n) is 2.98. The first-order valence-corrected chi connectivity index (χ1v) is 10.0. The molecule has 2 aromatic carbocycles. The van der Waals surface area contributed by atoms with Crippen molar-refractivity contribution in [3.63, 3.8) is 0 Å². The van der Waals surface area contributed by atoms with Crippen LogP contribution in [0.1, 0.15) is 5.56 Å². The number of nitrogens with zero attached hydrogens (tertiary/aromatic N) is 4. The summed E-state index contributed by atoms with van der Waals surface area (Å²) in [5.74, 6) is 0. The van der Waals surface area contributed by atoms with Crippen LogP contribution in [0.15, 0.2) is 53.4 Å². The summed E-state index contributed by atoms with van der Waals surface area (Å²) in [4.78, 5) is 0.156. The molecule has 0 saturated heterocycles. The quantitative estimate of drug-likeness (QED) is 0.583. The average molecular weight is 414 g/mol. The van der Waals surface area contributed by atoms with E-state index < -0.39 is 10.0 Å². The zero-order chi connectivity index (χ0) is 16.4. The summed E-state index contributed by atoms with van der Waals surface area (Å²) in [7, 11) is -3.80. The Hall–Kier alpha value is -1.73. The van der Waals surface area contributed by atoms with Crippen molar-refractivity contribution in [2.24, 2.45) is 0 Å². The van der Waals surface area contributed by atoms with Crippen LogP contribution in [0, 0.1) is 6.92 Å². The van der Waals surface area contributed by atoms with E-state index in [2.05, 4.69) is 15.5 Å². The molecule has 0 unspecified atom stereocenters. The Morgan fingerprint density at radius 1 is 1.04 bits per heavy atom. The fourth-order valence-corrected chi connectivity index (χ4v) is 5.20. The standard InChI is InChI=1S/C14H11ClN4O2SSe/c1-10-2-6-12(7-3-10)22(20,21)19-14(16-17-18-19)23-13-8-4-11(15)5-9-13/h2-9H,1H3. The molecule has 0 spiro atoms. The average Bonchev–Trinajstić information content (AvgIpc) is 2.99. The van der Waals surface area contributed by atoms with Crippen molar-refractivity contribution in [1.29, 1.82) is 0 Å². The van der Waals surface area contributed by atoms with E-state index in [0.29, 0.717) is 9.75 Å². The third kappa shape index (κ3) is 3.45. The number of aromatic nitrogens is 4. The van der Waals surface area contributed by atoms with E-state index in [9.17, 15) is 8.42 Å². The van der Waals surface area contributed by atoms with Crippen LogP contribution in [-0.2, 0) is 10.0 Å². The molecule has 118 valence electrons. The first-order valence-electron chi connectivity index (χ1n) is 6.51. The second-order valence-electron chi connectivity index (χ2n) is 4.68. The summed E-state index contributed by atoms with van der Waals surface area (Å²) >= 11 is 5.50. The summed E-state index contributed by atoms with van der Waals surface area (Å²) < 4.78 is 27.5. The van der Waals surface area contributed by atoms with Crippen molar-refractivity contribution in [2.75, 3.05) is 0 Å². The molecule has 6 nitrogen and oxygen atoms in total. The van der Waals surface area contributed by atoms with Gasteiger partial charge in [-0.3, -0.25) is 0 Å². The number of rotatable bonds is 4. The number of aryl methyl sites for hydroxylation is 1. The molecule has 23 heavy (non-hydrogen) atoms. The molecule has 0 saturated carbocycles. The SMILES string of the molecule is Cc1ccc(S(=O)(=O)n2nnnc2[Se]c2ccc(Cl)cc2)cc1. The second-order valence-corrected chi connectivity index (χ2v) is 9.07. The van der Waals surface area contributed by atoms with Gasteiger partial charge in [0.1, 0.15) is 0 Å². The minimum atomic E-state index is -3.80. The van der Waals surface area contributed by atoms with Gasteiger partial charge in [-0.25, -0.2) is 0 Å². The van der Waals surface area contributed by atoms with Crippen molar-refractivity contribution in [3.05, 3.63) is 59.1 Å². The third-order valence-corrected chi connectivity index (χ3v) is 7.05. The monoisotopic (exact) mass is 414 g/mol. The van der Waals surface area contributed by atoms with Gasteiger partial charge >= 0.3 is 145 Å². The van der Waals surface area contributed by atoms with Crippen molar-refractivity contribution in [2.45, 2.75) is 11.8 Å². The zero-order valence-corrected chi connectivity index (χ0v) is 15.2. The Kier molecular flexibility index (Phi) is 4.50. The number of hydrogen-bond donors (Lipinski definition) is 0. The molecule has 0 bridgehead atoms. The van der Waals surface area contributed by atoms with Crippen LogP contribution >= 0.6 is 11.6 Å². The van der Waals surface area contributed by atoms with Crippen LogP contribution in [0.4, 0.5) is 0 Å². The first-order chi connectivity index (χ1) is 11.0. The molecule has 1 heterocycles. The van der Waals surface area contributed by atoms with Gasteiger partial charge in [0.25, 0.3) is 0 Å². The fraction of sp³-hybridized carbons (Fsp3) is 0.0714. The molecule has 9 heteroatoms. The van der Waals surface area contributed by atoms with Gasteiger partial charge in [-0.05, 0) is 0 Å². The Labute approximate surface area is 144 Å². The normalized spacial score (nSPS) is 11.6. The fourth-order valence-electron chi connectivity index (χ4n) is 1.80. The van der Waals surface area contributed by atoms with E-state index >= 15 is 0 Å². The molecule has 0 fully saturated rings. The van der Waals surface area contributed by atoms with Gasteiger partial charge in [0.05, 0.1) is 0 Å². The summed E-state index contributed by atoms with van der Waals surface area (Å²) in [6.07, 6.45) is 0. The summed E-state index contributed by atoms with van der Waals surface area (Å²) in [5.41, 5.74) is 0.978. The Bertz CT molecular complexity index is 924. The summed E-state index contributed by atoms with van der Waals surface area (Å²) in [6.45, 7) is 1.89. The number of benzene rings is 2. The molecule has 0 N–H and O–H groups in total. The van der Waals surface area contributed by atoms with Crippen LogP contribution in [0.2, 0.25) is 5.02 Å². The van der Waals surface area contributed by atoms with Crippen LogP contribution in [0.25, 0.3) is 0 Å². The molecular weight excluding hydrogens is 403 g/mol. The van der Waals surface area contributed by atoms with Gasteiger partial charge < -0.3 is 0 Å². The first kappa shape index (κ1) is 16.1. The molecule has 0 aliphatic carbocycles. The van der Waals surface area contributed by atoms with Crippen LogP contribution in [0.3, 0.4) is 0 Å². The van der Waals surface area contributed by atoms with E-state index in [1.807, 2.05) is 19.1 Å². The van der Waals surface area contributed by atoms with Crippen molar-refractivity contribution in [1.82, 2.24) is 19.6 Å². The van der Waals surface area contributed by atoms with Gasteiger partial charge in [0, 0.05) is 0 Å². The summed E-state index contributed by atoms with van der Waals surface area (Å²) in [6, 6.07) is 13.7. The van der Waals surface area contributed by atoms with Gasteiger partial charge in [-0.2, -0.15) is 0 Å². The van der Waals surface area contributed by atoms with Gasteiger partial charge in [0.2, 0.25) is 0 Å². The molecule has 0 aliphatic rings. The molecule has 0 amide bonds. The Morgan fingerprint density at radius 3 is 2.35 bits per heavy atom. The van der Waals surface area contributed by atoms with E-state index in [1.54, 1.807) is 36.4 Å². The minimum absolute atomic E-state index is 0.156. The van der Waals surface area contributed by atoms with E-state index in [0.717, 1.165) is 14.1 Å². The molecule has 1 aromatic heterocycles.